The van der Waals surface area contributed by atoms with Crippen molar-refractivity contribution in [2.45, 2.75) is 20.0 Å². The molecule has 0 atom stereocenters. The van der Waals surface area contributed by atoms with Gasteiger partial charge >= 0.3 is 0 Å². The first kappa shape index (κ1) is 13.9. The number of aromatic nitrogens is 4. The van der Waals surface area contributed by atoms with Gasteiger partial charge in [0.25, 0.3) is 0 Å². The van der Waals surface area contributed by atoms with Crippen molar-refractivity contribution in [2.75, 3.05) is 19.0 Å². The normalized spacial score (nSPS) is 11.1. The average molecular weight is 305 g/mol. The minimum absolute atomic E-state index is 0.359. The summed E-state index contributed by atoms with van der Waals surface area (Å²) in [5.74, 6) is 2.75. The number of hydrogen-bond donors (Lipinski definition) is 1. The van der Waals surface area contributed by atoms with Crippen molar-refractivity contribution in [2.24, 2.45) is 0 Å². The summed E-state index contributed by atoms with van der Waals surface area (Å²) in [6, 6.07) is 1.99. The maximum absolute atomic E-state index is 5.14. The number of nitrogens with zero attached hydrogens (tertiary/aromatic N) is 4. The molecule has 21 heavy (non-hydrogen) atoms. The van der Waals surface area contributed by atoms with Gasteiger partial charge in [0.05, 0.1) is 10.2 Å². The number of nitrogens with one attached hydrogen (secondary N) is 1. The minimum atomic E-state index is 0.359. The zero-order valence-corrected chi connectivity index (χ0v) is 12.6. The Labute approximate surface area is 125 Å². The van der Waals surface area contributed by atoms with E-state index in [2.05, 4.69) is 25.4 Å². The van der Waals surface area contributed by atoms with Crippen LogP contribution in [0.1, 0.15) is 17.5 Å². The zero-order chi connectivity index (χ0) is 14.7. The van der Waals surface area contributed by atoms with Gasteiger partial charge < -0.3 is 14.6 Å². The number of hydrogen-bond acceptors (Lipinski definition) is 8. The Hall–Kier alpha value is -2.06. The van der Waals surface area contributed by atoms with Crippen molar-refractivity contribution in [1.29, 1.82) is 0 Å². The predicted molar refractivity (Wildman–Crippen MR) is 79.4 cm³/mol. The lowest BCUT2D eigenvalue weighted by Gasteiger charge is -2.05. The number of anilines is 1. The van der Waals surface area contributed by atoms with E-state index in [9.17, 15) is 0 Å². The molecule has 0 radical (unpaired) electrons. The highest BCUT2D eigenvalue weighted by Gasteiger charge is 2.09. The van der Waals surface area contributed by atoms with Crippen LogP contribution in [-0.2, 0) is 17.8 Å². The molecule has 0 bridgehead atoms. The van der Waals surface area contributed by atoms with Crippen molar-refractivity contribution in [3.05, 3.63) is 29.0 Å². The van der Waals surface area contributed by atoms with Gasteiger partial charge in [-0.2, -0.15) is 4.98 Å². The number of fused-ring (bicyclic) bond motifs is 1. The summed E-state index contributed by atoms with van der Waals surface area (Å²) in [5, 5.41) is 9.14. The fourth-order valence-electron chi connectivity index (χ4n) is 1.97. The molecule has 3 aromatic heterocycles. The molecule has 3 heterocycles. The van der Waals surface area contributed by atoms with Gasteiger partial charge in [-0.3, -0.25) is 0 Å². The van der Waals surface area contributed by atoms with Crippen LogP contribution in [0, 0.1) is 6.92 Å². The van der Waals surface area contributed by atoms with Crippen molar-refractivity contribution >= 4 is 27.4 Å². The predicted octanol–water partition coefficient (Wildman–Crippen LogP) is 2.18. The third-order valence-corrected chi connectivity index (χ3v) is 3.74. The summed E-state index contributed by atoms with van der Waals surface area (Å²) in [4.78, 5) is 13.1. The maximum Gasteiger partial charge on any atom is 0.228 e. The molecule has 1 N–H and O–H groups in total. The molecular formula is C13H15N5O2S. The van der Waals surface area contributed by atoms with Gasteiger partial charge in [0.2, 0.25) is 5.89 Å². The van der Waals surface area contributed by atoms with Crippen LogP contribution in [0.4, 0.5) is 5.82 Å². The molecule has 7 nitrogen and oxygen atoms in total. The van der Waals surface area contributed by atoms with Crippen molar-refractivity contribution < 1.29 is 9.26 Å². The van der Waals surface area contributed by atoms with Gasteiger partial charge in [0.1, 0.15) is 18.2 Å². The molecule has 0 aliphatic carbocycles. The molecule has 0 aromatic carbocycles. The van der Waals surface area contributed by atoms with E-state index >= 15 is 0 Å². The van der Waals surface area contributed by atoms with Crippen LogP contribution in [0.2, 0.25) is 0 Å². The summed E-state index contributed by atoms with van der Waals surface area (Å²) in [6.45, 7) is 2.91. The second kappa shape index (κ2) is 6.15. The molecule has 0 spiro atoms. The fraction of sp³-hybridized carbons (Fsp3) is 0.385. The highest BCUT2D eigenvalue weighted by atomic mass is 32.1. The van der Waals surface area contributed by atoms with Crippen LogP contribution in [0.3, 0.4) is 0 Å². The second-order valence-electron chi connectivity index (χ2n) is 4.47. The van der Waals surface area contributed by atoms with Crippen molar-refractivity contribution in [3.8, 4) is 0 Å². The smallest absolute Gasteiger partial charge is 0.228 e. The lowest BCUT2D eigenvalue weighted by molar-refractivity contribution is 0.174. The molecule has 0 aliphatic heterocycles. The molecule has 0 saturated heterocycles. The molecule has 3 aromatic rings. The van der Waals surface area contributed by atoms with E-state index in [0.29, 0.717) is 31.3 Å². The fourth-order valence-corrected chi connectivity index (χ4v) is 2.76. The standard InChI is InChI=1S/C13H15N5O2S/c1-8-15-9-4-6-21-12(9)13(16-8)14-5-3-11-17-10(7-19-2)18-20-11/h4,6H,3,5,7H2,1-2H3,(H,14,15,16). The summed E-state index contributed by atoms with van der Waals surface area (Å²) >= 11 is 1.62. The van der Waals surface area contributed by atoms with Gasteiger partial charge in [-0.1, -0.05) is 5.16 Å². The van der Waals surface area contributed by atoms with Gasteiger partial charge in [-0.05, 0) is 18.4 Å². The Balaban J connectivity index is 1.64. The van der Waals surface area contributed by atoms with Crippen LogP contribution < -0.4 is 5.32 Å². The van der Waals surface area contributed by atoms with Crippen LogP contribution in [0.5, 0.6) is 0 Å². The Kier molecular flexibility index (Phi) is 4.07. The Morgan fingerprint density at radius 3 is 3.10 bits per heavy atom. The topological polar surface area (TPSA) is 86.0 Å². The third-order valence-electron chi connectivity index (χ3n) is 2.83. The van der Waals surface area contributed by atoms with Gasteiger partial charge in [0.15, 0.2) is 5.82 Å². The maximum atomic E-state index is 5.14. The van der Waals surface area contributed by atoms with E-state index in [0.717, 1.165) is 21.9 Å². The van der Waals surface area contributed by atoms with Gasteiger partial charge in [0, 0.05) is 20.1 Å². The van der Waals surface area contributed by atoms with E-state index in [4.69, 9.17) is 9.26 Å². The molecule has 0 unspecified atom stereocenters. The van der Waals surface area contributed by atoms with E-state index < -0.39 is 0 Å². The first-order chi connectivity index (χ1) is 10.3. The molecule has 0 fully saturated rings. The SMILES string of the molecule is COCc1noc(CCNc2nc(C)nc3ccsc23)n1. The van der Waals surface area contributed by atoms with Gasteiger partial charge in [-0.15, -0.1) is 11.3 Å². The van der Waals surface area contributed by atoms with E-state index in [1.54, 1.807) is 18.4 Å². The van der Waals surface area contributed by atoms with Crippen molar-refractivity contribution in [3.63, 3.8) is 0 Å². The summed E-state index contributed by atoms with van der Waals surface area (Å²) in [6.07, 6.45) is 0.632. The number of ether oxygens (including phenoxy) is 1. The molecule has 0 saturated carbocycles. The first-order valence-corrected chi connectivity index (χ1v) is 7.40. The molecule has 110 valence electrons. The largest absolute Gasteiger partial charge is 0.377 e. The summed E-state index contributed by atoms with van der Waals surface area (Å²) in [7, 11) is 1.60. The van der Waals surface area contributed by atoms with Crippen LogP contribution >= 0.6 is 11.3 Å². The third kappa shape index (κ3) is 3.17. The highest BCUT2D eigenvalue weighted by molar-refractivity contribution is 7.17. The van der Waals surface area contributed by atoms with Crippen LogP contribution in [-0.4, -0.2) is 33.8 Å². The quantitative estimate of drug-likeness (QED) is 0.747. The Morgan fingerprint density at radius 2 is 2.24 bits per heavy atom. The molecular weight excluding hydrogens is 290 g/mol. The first-order valence-electron chi connectivity index (χ1n) is 6.52. The summed E-state index contributed by atoms with van der Waals surface area (Å²) < 4.78 is 11.2. The van der Waals surface area contributed by atoms with Gasteiger partial charge in [-0.25, -0.2) is 9.97 Å². The highest BCUT2D eigenvalue weighted by Crippen LogP contribution is 2.25. The van der Waals surface area contributed by atoms with E-state index in [1.165, 1.54) is 0 Å². The zero-order valence-electron chi connectivity index (χ0n) is 11.8. The Morgan fingerprint density at radius 1 is 1.33 bits per heavy atom. The lowest BCUT2D eigenvalue weighted by Crippen LogP contribution is -2.07. The molecule has 3 rings (SSSR count). The van der Waals surface area contributed by atoms with E-state index in [1.807, 2.05) is 18.4 Å². The van der Waals surface area contributed by atoms with E-state index in [-0.39, 0.29) is 0 Å². The number of rotatable bonds is 6. The van der Waals surface area contributed by atoms with Crippen LogP contribution in [0.25, 0.3) is 10.2 Å². The second-order valence-corrected chi connectivity index (χ2v) is 5.38. The number of methoxy groups -OCH3 is 1. The molecule has 0 aliphatic rings. The van der Waals surface area contributed by atoms with Crippen molar-refractivity contribution in [1.82, 2.24) is 20.1 Å². The minimum Gasteiger partial charge on any atom is -0.377 e. The lowest BCUT2D eigenvalue weighted by atomic mass is 10.4. The Bertz CT molecular complexity index is 739. The molecule has 8 heteroatoms. The summed E-state index contributed by atoms with van der Waals surface area (Å²) in [5.41, 5.74) is 0.968. The average Bonchev–Trinajstić information content (AvgIpc) is 3.08. The monoisotopic (exact) mass is 305 g/mol. The van der Waals surface area contributed by atoms with Crippen LogP contribution in [0.15, 0.2) is 16.0 Å². The number of aryl methyl sites for hydroxylation is 1. The molecule has 0 amide bonds. The number of thiophene rings is 1.